The second kappa shape index (κ2) is 9.17. The van der Waals surface area contributed by atoms with Crippen LogP contribution in [0.2, 0.25) is 5.02 Å². The average molecular weight is 408 g/mol. The summed E-state index contributed by atoms with van der Waals surface area (Å²) in [7, 11) is 0. The molecule has 0 aliphatic carbocycles. The van der Waals surface area contributed by atoms with Gasteiger partial charge in [-0.1, -0.05) is 66.2 Å². The van der Waals surface area contributed by atoms with Gasteiger partial charge >= 0.3 is 5.97 Å². The van der Waals surface area contributed by atoms with Crippen molar-refractivity contribution in [1.29, 1.82) is 0 Å². The monoisotopic (exact) mass is 407 g/mol. The lowest BCUT2D eigenvalue weighted by Crippen LogP contribution is -2.22. The van der Waals surface area contributed by atoms with Crippen LogP contribution in [0.25, 0.3) is 0 Å². The first-order valence-corrected chi connectivity index (χ1v) is 9.26. The number of halogens is 1. The van der Waals surface area contributed by atoms with Gasteiger partial charge in [0.05, 0.1) is 5.56 Å². The molecule has 0 radical (unpaired) electrons. The molecule has 0 heterocycles. The fourth-order valence-electron chi connectivity index (χ4n) is 2.74. The molecule has 6 heteroatoms. The molecule has 0 bridgehead atoms. The van der Waals surface area contributed by atoms with Crippen LogP contribution < -0.4 is 5.32 Å². The van der Waals surface area contributed by atoms with Gasteiger partial charge in [-0.05, 0) is 30.7 Å². The summed E-state index contributed by atoms with van der Waals surface area (Å²) in [6.07, 6.45) is 0. The number of nitrogens with one attached hydrogen (secondary N) is 1. The quantitative estimate of drug-likeness (QED) is 0.476. The smallest absolute Gasteiger partial charge is 0.339 e. The molecule has 3 aromatic rings. The Morgan fingerprint density at radius 2 is 1.52 bits per heavy atom. The Balaban J connectivity index is 1.69. The summed E-state index contributed by atoms with van der Waals surface area (Å²) in [5.41, 5.74) is 2.04. The molecule has 0 saturated heterocycles. The molecule has 29 heavy (non-hydrogen) atoms. The molecule has 0 spiro atoms. The predicted octanol–water partition coefficient (Wildman–Crippen LogP) is 4.67. The molecule has 146 valence electrons. The maximum Gasteiger partial charge on any atom is 0.339 e. The van der Waals surface area contributed by atoms with Gasteiger partial charge in [-0.15, -0.1) is 0 Å². The van der Waals surface area contributed by atoms with Gasteiger partial charge < -0.3 is 10.1 Å². The van der Waals surface area contributed by atoms with Crippen molar-refractivity contribution in [2.75, 3.05) is 11.9 Å². The fraction of sp³-hybridized carbons (Fsp3) is 0.0870. The van der Waals surface area contributed by atoms with Gasteiger partial charge in [0.15, 0.2) is 12.4 Å². The van der Waals surface area contributed by atoms with E-state index in [0.717, 1.165) is 0 Å². The van der Waals surface area contributed by atoms with E-state index in [1.165, 1.54) is 6.07 Å². The van der Waals surface area contributed by atoms with E-state index in [1.54, 1.807) is 73.7 Å². The number of carbonyl (C=O) groups is 3. The number of rotatable bonds is 6. The molecule has 3 aromatic carbocycles. The third kappa shape index (κ3) is 4.89. The van der Waals surface area contributed by atoms with Crippen molar-refractivity contribution in [3.63, 3.8) is 0 Å². The Hall–Kier alpha value is -3.44. The Morgan fingerprint density at radius 3 is 2.24 bits per heavy atom. The fourth-order valence-corrected chi connectivity index (χ4v) is 2.92. The van der Waals surface area contributed by atoms with Crippen molar-refractivity contribution in [3.8, 4) is 0 Å². The van der Waals surface area contributed by atoms with E-state index in [-0.39, 0.29) is 16.9 Å². The van der Waals surface area contributed by atoms with Crippen LogP contribution in [-0.4, -0.2) is 24.3 Å². The second-order valence-corrected chi connectivity index (χ2v) is 6.68. The zero-order chi connectivity index (χ0) is 20.8. The minimum atomic E-state index is -0.747. The van der Waals surface area contributed by atoms with Gasteiger partial charge in [-0.25, -0.2) is 4.79 Å². The molecular weight excluding hydrogens is 390 g/mol. The zero-order valence-corrected chi connectivity index (χ0v) is 16.4. The minimum absolute atomic E-state index is 0.105. The van der Waals surface area contributed by atoms with Crippen LogP contribution in [0.3, 0.4) is 0 Å². The highest BCUT2D eigenvalue weighted by Crippen LogP contribution is 2.23. The lowest BCUT2D eigenvalue weighted by molar-refractivity contribution is -0.119. The first-order valence-electron chi connectivity index (χ1n) is 8.88. The molecule has 1 amide bonds. The summed E-state index contributed by atoms with van der Waals surface area (Å²) in [6, 6.07) is 20.1. The first kappa shape index (κ1) is 20.3. The van der Waals surface area contributed by atoms with E-state index >= 15 is 0 Å². The summed E-state index contributed by atoms with van der Waals surface area (Å²) in [6.45, 7) is 1.29. The number of hydrogen-bond acceptors (Lipinski definition) is 4. The molecule has 5 nitrogen and oxygen atoms in total. The zero-order valence-electron chi connectivity index (χ0n) is 15.6. The highest BCUT2D eigenvalue weighted by Gasteiger charge is 2.20. The normalized spacial score (nSPS) is 10.3. The third-order valence-corrected chi connectivity index (χ3v) is 4.71. The standard InChI is InChI=1S/C23H18ClNO4/c1-15-19(24)12-7-13-20(15)25-21(26)14-29-23(28)18-11-6-5-10-17(18)22(27)16-8-3-2-4-9-16/h2-13H,14H2,1H3,(H,25,26). The van der Waals surface area contributed by atoms with Crippen LogP contribution in [0.4, 0.5) is 5.69 Å². The second-order valence-electron chi connectivity index (χ2n) is 6.28. The van der Waals surface area contributed by atoms with Crippen molar-refractivity contribution >= 4 is 34.9 Å². The van der Waals surface area contributed by atoms with Crippen molar-refractivity contribution in [2.45, 2.75) is 6.92 Å². The molecule has 1 N–H and O–H groups in total. The van der Waals surface area contributed by atoms with Crippen LogP contribution in [-0.2, 0) is 9.53 Å². The average Bonchev–Trinajstić information content (AvgIpc) is 2.75. The Morgan fingerprint density at radius 1 is 0.862 bits per heavy atom. The largest absolute Gasteiger partial charge is 0.452 e. The summed E-state index contributed by atoms with van der Waals surface area (Å²) in [5.74, 6) is -1.55. The highest BCUT2D eigenvalue weighted by atomic mass is 35.5. The summed E-state index contributed by atoms with van der Waals surface area (Å²) >= 11 is 6.03. The summed E-state index contributed by atoms with van der Waals surface area (Å²) in [4.78, 5) is 37.4. The number of amides is 1. The number of hydrogen-bond donors (Lipinski definition) is 1. The lowest BCUT2D eigenvalue weighted by Gasteiger charge is -2.11. The maximum absolute atomic E-state index is 12.7. The summed E-state index contributed by atoms with van der Waals surface area (Å²) in [5, 5.41) is 3.17. The van der Waals surface area contributed by atoms with Gasteiger partial charge in [0.1, 0.15) is 0 Å². The number of esters is 1. The Kier molecular flexibility index (Phi) is 6.42. The van der Waals surface area contributed by atoms with Gasteiger partial charge in [-0.2, -0.15) is 0 Å². The minimum Gasteiger partial charge on any atom is -0.452 e. The molecule has 0 aliphatic heterocycles. The third-order valence-electron chi connectivity index (χ3n) is 4.30. The van der Waals surface area contributed by atoms with Crippen LogP contribution in [0.1, 0.15) is 31.8 Å². The van der Waals surface area contributed by atoms with Crippen molar-refractivity contribution in [2.24, 2.45) is 0 Å². The molecular formula is C23H18ClNO4. The molecule has 0 aliphatic rings. The molecule has 3 rings (SSSR count). The summed E-state index contributed by atoms with van der Waals surface area (Å²) < 4.78 is 5.12. The number of carbonyl (C=O) groups excluding carboxylic acids is 3. The first-order chi connectivity index (χ1) is 14.0. The van der Waals surface area contributed by atoms with Crippen molar-refractivity contribution in [1.82, 2.24) is 0 Å². The van der Waals surface area contributed by atoms with E-state index in [4.69, 9.17) is 16.3 Å². The van der Waals surface area contributed by atoms with Gasteiger partial charge in [0.25, 0.3) is 5.91 Å². The van der Waals surface area contributed by atoms with E-state index < -0.39 is 18.5 Å². The Bertz CT molecular complexity index is 1060. The van der Waals surface area contributed by atoms with Gasteiger partial charge in [0.2, 0.25) is 0 Å². The lowest BCUT2D eigenvalue weighted by atomic mass is 9.98. The topological polar surface area (TPSA) is 72.5 Å². The van der Waals surface area contributed by atoms with Crippen LogP contribution in [0.15, 0.2) is 72.8 Å². The van der Waals surface area contributed by atoms with Crippen molar-refractivity contribution < 1.29 is 19.1 Å². The maximum atomic E-state index is 12.7. The Labute approximate surface area is 173 Å². The van der Waals surface area contributed by atoms with Crippen LogP contribution >= 0.6 is 11.6 Å². The predicted molar refractivity (Wildman–Crippen MR) is 111 cm³/mol. The molecule has 0 fully saturated rings. The van der Waals surface area contributed by atoms with Gasteiger partial charge in [-0.3, -0.25) is 9.59 Å². The number of ether oxygens (including phenoxy) is 1. The molecule has 0 atom stereocenters. The molecule has 0 saturated carbocycles. The highest BCUT2D eigenvalue weighted by molar-refractivity contribution is 6.31. The van der Waals surface area contributed by atoms with Crippen LogP contribution in [0.5, 0.6) is 0 Å². The number of anilines is 1. The number of benzene rings is 3. The van der Waals surface area contributed by atoms with E-state index in [2.05, 4.69) is 5.32 Å². The van der Waals surface area contributed by atoms with Crippen LogP contribution in [0, 0.1) is 6.92 Å². The molecule has 0 unspecified atom stereocenters. The van der Waals surface area contributed by atoms with E-state index in [1.807, 2.05) is 0 Å². The number of ketones is 1. The van der Waals surface area contributed by atoms with Gasteiger partial charge in [0, 0.05) is 21.8 Å². The van der Waals surface area contributed by atoms with E-state index in [0.29, 0.717) is 21.8 Å². The SMILES string of the molecule is Cc1c(Cl)cccc1NC(=O)COC(=O)c1ccccc1C(=O)c1ccccc1. The molecule has 0 aromatic heterocycles. The van der Waals surface area contributed by atoms with Crippen molar-refractivity contribution in [3.05, 3.63) is 100 Å². The van der Waals surface area contributed by atoms with E-state index in [9.17, 15) is 14.4 Å².